The molecule has 2 aliphatic carbocycles. The molecule has 1 heterocycles. The van der Waals surface area contributed by atoms with Crippen molar-refractivity contribution in [2.45, 2.75) is 75.8 Å². The number of hydrogen-bond acceptors (Lipinski definition) is 5. The summed E-state index contributed by atoms with van der Waals surface area (Å²) in [4.78, 5) is 0. The molecule has 3 aliphatic rings. The van der Waals surface area contributed by atoms with Crippen LogP contribution in [0.5, 0.6) is 0 Å². The lowest BCUT2D eigenvalue weighted by Crippen LogP contribution is -2.59. The summed E-state index contributed by atoms with van der Waals surface area (Å²) in [5.74, 6) is 2.17. The summed E-state index contributed by atoms with van der Waals surface area (Å²) in [5.41, 5.74) is 0. The molecule has 0 bridgehead atoms. The Hall–Kier alpha value is -0.170. The normalized spacial score (nSPS) is 40.7. The van der Waals surface area contributed by atoms with Gasteiger partial charge >= 0.3 is 0 Å². The van der Waals surface area contributed by atoms with Crippen LogP contribution in [0.3, 0.4) is 0 Å². The van der Waals surface area contributed by atoms with Crippen LogP contribution in [0, 0.1) is 17.8 Å². The van der Waals surface area contributed by atoms with Gasteiger partial charge in [0.2, 0.25) is 0 Å². The Morgan fingerprint density at radius 2 is 1.64 bits per heavy atom. The first-order valence-corrected chi connectivity index (χ1v) is 12.1. The minimum absolute atomic E-state index is 0.103. The van der Waals surface area contributed by atoms with Crippen LogP contribution < -0.4 is 10.6 Å². The molecule has 0 aromatic heterocycles. The molecule has 0 aromatic carbocycles. The van der Waals surface area contributed by atoms with Crippen LogP contribution in [0.1, 0.15) is 58.3 Å². The molecule has 0 amide bonds. The van der Waals surface area contributed by atoms with E-state index in [0.717, 1.165) is 57.2 Å². The summed E-state index contributed by atoms with van der Waals surface area (Å²) in [7, 11) is -2.88. The van der Waals surface area contributed by atoms with Gasteiger partial charge in [0.15, 0.2) is 0 Å². The van der Waals surface area contributed by atoms with E-state index in [2.05, 4.69) is 17.6 Å². The van der Waals surface area contributed by atoms with Gasteiger partial charge in [-0.2, -0.15) is 0 Å². The molecule has 3 fully saturated rings. The Labute approximate surface area is 153 Å². The van der Waals surface area contributed by atoms with E-state index in [9.17, 15) is 8.42 Å². The number of ether oxygens (including phenoxy) is 1. The third kappa shape index (κ3) is 5.65. The maximum atomic E-state index is 11.7. The van der Waals surface area contributed by atoms with Crippen molar-refractivity contribution in [3.05, 3.63) is 0 Å². The first kappa shape index (κ1) is 19.6. The van der Waals surface area contributed by atoms with E-state index in [4.69, 9.17) is 4.74 Å². The zero-order chi connectivity index (χ0) is 17.9. The lowest BCUT2D eigenvalue weighted by molar-refractivity contribution is -0.0240. The molecule has 3 rings (SSSR count). The van der Waals surface area contributed by atoms with E-state index < -0.39 is 9.84 Å². The molecule has 2 saturated carbocycles. The van der Waals surface area contributed by atoms with Crippen LogP contribution in [0.4, 0.5) is 0 Å². The Morgan fingerprint density at radius 1 is 0.960 bits per heavy atom. The zero-order valence-electron chi connectivity index (χ0n) is 15.9. The maximum absolute atomic E-state index is 11.7. The van der Waals surface area contributed by atoms with Crippen LogP contribution in [-0.4, -0.2) is 51.9 Å². The number of hydrogen-bond donors (Lipinski definition) is 2. The average molecular weight is 373 g/mol. The molecule has 5 nitrogen and oxygen atoms in total. The fraction of sp³-hybridized carbons (Fsp3) is 1.00. The predicted molar refractivity (Wildman–Crippen MR) is 101 cm³/mol. The maximum Gasteiger partial charge on any atom is 0.150 e. The summed E-state index contributed by atoms with van der Waals surface area (Å²) >= 11 is 0. The van der Waals surface area contributed by atoms with E-state index in [1.807, 2.05) is 0 Å². The van der Waals surface area contributed by atoms with Gasteiger partial charge in [-0.3, -0.25) is 5.32 Å². The van der Waals surface area contributed by atoms with Crippen molar-refractivity contribution in [3.8, 4) is 0 Å². The summed E-state index contributed by atoms with van der Waals surface area (Å²) in [6.07, 6.45) is 10.4. The quantitative estimate of drug-likeness (QED) is 0.775. The van der Waals surface area contributed by atoms with Crippen LogP contribution in [0.2, 0.25) is 0 Å². The number of rotatable bonds is 5. The SMILES string of the molecule is CC1CCC(COC2CNCC(C3CCC(S(C)(=O)=O)CC3)N2)CC1. The molecule has 1 aliphatic heterocycles. The van der Waals surface area contributed by atoms with Crippen LogP contribution in [-0.2, 0) is 14.6 Å². The summed E-state index contributed by atoms with van der Waals surface area (Å²) in [6, 6.07) is 0.408. The Morgan fingerprint density at radius 3 is 2.28 bits per heavy atom. The molecular weight excluding hydrogens is 336 g/mol. The Bertz CT molecular complexity index is 509. The van der Waals surface area contributed by atoms with Crippen molar-refractivity contribution in [1.82, 2.24) is 10.6 Å². The molecule has 6 heteroatoms. The minimum Gasteiger partial charge on any atom is -0.362 e. The molecule has 2 N–H and O–H groups in total. The van der Waals surface area contributed by atoms with Gasteiger partial charge in [0.1, 0.15) is 16.1 Å². The summed E-state index contributed by atoms with van der Waals surface area (Å²) < 4.78 is 29.6. The van der Waals surface area contributed by atoms with Crippen molar-refractivity contribution in [3.63, 3.8) is 0 Å². The van der Waals surface area contributed by atoms with Crippen molar-refractivity contribution < 1.29 is 13.2 Å². The van der Waals surface area contributed by atoms with Gasteiger partial charge in [-0.15, -0.1) is 0 Å². The largest absolute Gasteiger partial charge is 0.362 e. The average Bonchev–Trinajstić information content (AvgIpc) is 2.61. The molecule has 146 valence electrons. The van der Waals surface area contributed by atoms with Gasteiger partial charge in [0.05, 0.1) is 11.9 Å². The molecule has 25 heavy (non-hydrogen) atoms. The van der Waals surface area contributed by atoms with Gasteiger partial charge in [-0.05, 0) is 56.3 Å². The lowest BCUT2D eigenvalue weighted by Gasteiger charge is -2.39. The van der Waals surface area contributed by atoms with Gasteiger partial charge in [-0.25, -0.2) is 8.42 Å². The smallest absolute Gasteiger partial charge is 0.150 e. The molecule has 0 aromatic rings. The third-order valence-corrected chi connectivity index (χ3v) is 8.34. The van der Waals surface area contributed by atoms with Crippen LogP contribution in [0.15, 0.2) is 0 Å². The van der Waals surface area contributed by atoms with E-state index in [1.165, 1.54) is 31.9 Å². The van der Waals surface area contributed by atoms with Crippen molar-refractivity contribution >= 4 is 9.84 Å². The van der Waals surface area contributed by atoms with E-state index in [0.29, 0.717) is 12.0 Å². The fourth-order valence-electron chi connectivity index (χ4n) is 4.80. The third-order valence-electron chi connectivity index (χ3n) is 6.66. The number of sulfone groups is 1. The second kappa shape index (κ2) is 8.68. The highest BCUT2D eigenvalue weighted by Crippen LogP contribution is 2.31. The number of nitrogens with one attached hydrogen (secondary N) is 2. The second-order valence-electron chi connectivity index (χ2n) is 8.75. The van der Waals surface area contributed by atoms with Crippen molar-refractivity contribution in [1.29, 1.82) is 0 Å². The lowest BCUT2D eigenvalue weighted by atomic mass is 9.83. The fourth-order valence-corrected chi connectivity index (χ4v) is 5.93. The number of piperazine rings is 1. The van der Waals surface area contributed by atoms with Crippen molar-refractivity contribution in [2.75, 3.05) is 26.0 Å². The van der Waals surface area contributed by atoms with Gasteiger partial charge in [-0.1, -0.05) is 19.8 Å². The summed E-state index contributed by atoms with van der Waals surface area (Å²) in [6.45, 7) is 5.07. The summed E-state index contributed by atoms with van der Waals surface area (Å²) in [5, 5.41) is 7.08. The molecular formula is C19H36N2O3S. The molecule has 1 saturated heterocycles. The topological polar surface area (TPSA) is 67.4 Å². The van der Waals surface area contributed by atoms with Crippen LogP contribution >= 0.6 is 0 Å². The first-order valence-electron chi connectivity index (χ1n) is 10.2. The van der Waals surface area contributed by atoms with Gasteiger partial charge in [0.25, 0.3) is 0 Å². The molecule has 2 atom stereocenters. The van der Waals surface area contributed by atoms with Gasteiger partial charge < -0.3 is 10.1 Å². The van der Waals surface area contributed by atoms with E-state index >= 15 is 0 Å². The molecule has 2 unspecified atom stereocenters. The Balaban J connectivity index is 1.41. The van der Waals surface area contributed by atoms with Gasteiger partial charge in [0, 0.05) is 25.4 Å². The van der Waals surface area contributed by atoms with E-state index in [-0.39, 0.29) is 11.5 Å². The standard InChI is InChI=1S/C19H36N2O3S/c1-14-3-5-15(6-4-14)13-24-19-12-20-11-18(21-19)16-7-9-17(10-8-16)25(2,22)23/h14-21H,3-13H2,1-2H3. The zero-order valence-corrected chi connectivity index (χ0v) is 16.7. The van der Waals surface area contributed by atoms with Crippen molar-refractivity contribution in [2.24, 2.45) is 17.8 Å². The highest BCUT2D eigenvalue weighted by atomic mass is 32.2. The Kier molecular flexibility index (Phi) is 6.80. The second-order valence-corrected chi connectivity index (χ2v) is 11.1. The van der Waals surface area contributed by atoms with Crippen LogP contribution in [0.25, 0.3) is 0 Å². The monoisotopic (exact) mass is 372 g/mol. The first-order chi connectivity index (χ1) is 11.9. The molecule has 0 spiro atoms. The minimum atomic E-state index is -2.88. The predicted octanol–water partition coefficient (Wildman–Crippen LogP) is 2.32. The highest BCUT2D eigenvalue weighted by Gasteiger charge is 2.34. The highest BCUT2D eigenvalue weighted by molar-refractivity contribution is 7.91. The molecule has 0 radical (unpaired) electrons. The van der Waals surface area contributed by atoms with E-state index in [1.54, 1.807) is 0 Å².